The molecule has 1 aliphatic carbocycles. The fourth-order valence-electron chi connectivity index (χ4n) is 4.18. The highest BCUT2D eigenvalue weighted by Crippen LogP contribution is 2.38. The zero-order valence-corrected chi connectivity index (χ0v) is 17.2. The third-order valence-electron chi connectivity index (χ3n) is 5.64. The quantitative estimate of drug-likeness (QED) is 0.856. The Kier molecular flexibility index (Phi) is 5.31. The van der Waals surface area contributed by atoms with Gasteiger partial charge in [0.15, 0.2) is 0 Å². The van der Waals surface area contributed by atoms with Gasteiger partial charge in [0.05, 0.1) is 5.56 Å². The van der Waals surface area contributed by atoms with Gasteiger partial charge in [-0.25, -0.2) is 9.97 Å². The molecule has 0 bridgehead atoms. The van der Waals surface area contributed by atoms with Crippen molar-refractivity contribution in [2.24, 2.45) is 5.92 Å². The second-order valence-electron chi connectivity index (χ2n) is 7.73. The van der Waals surface area contributed by atoms with E-state index in [1.807, 2.05) is 19.9 Å². The van der Waals surface area contributed by atoms with Gasteiger partial charge in [0.25, 0.3) is 0 Å². The highest BCUT2D eigenvalue weighted by Gasteiger charge is 2.28. The lowest BCUT2D eigenvalue weighted by atomic mass is 9.95. The maximum Gasteiger partial charge on any atom is 0.228 e. The number of nitrogens with one attached hydrogen (secondary N) is 1. The predicted molar refractivity (Wildman–Crippen MR) is 111 cm³/mol. The monoisotopic (exact) mass is 395 g/mol. The van der Waals surface area contributed by atoms with Crippen LogP contribution in [0.25, 0.3) is 0 Å². The van der Waals surface area contributed by atoms with Crippen molar-refractivity contribution in [2.75, 3.05) is 23.3 Å². The van der Waals surface area contributed by atoms with Crippen molar-refractivity contribution in [3.8, 4) is 6.07 Å². The number of aromatic nitrogens is 2. The fraction of sp³-hybridized carbons (Fsp3) is 0.524. The second-order valence-corrected chi connectivity index (χ2v) is 8.83. The molecule has 7 heteroatoms. The lowest BCUT2D eigenvalue weighted by Crippen LogP contribution is -2.39. The lowest BCUT2D eigenvalue weighted by Gasteiger charge is -2.31. The van der Waals surface area contributed by atoms with E-state index in [1.165, 1.54) is 11.3 Å². The molecule has 0 saturated carbocycles. The number of nitrogens with zero attached hydrogens (tertiary/aromatic N) is 4. The zero-order chi connectivity index (χ0) is 19.7. The Morgan fingerprint density at radius 2 is 1.89 bits per heavy atom. The first kappa shape index (κ1) is 18.9. The summed E-state index contributed by atoms with van der Waals surface area (Å²) < 4.78 is 0. The molecule has 0 unspecified atom stereocenters. The molecular formula is C21H25N5OS. The van der Waals surface area contributed by atoms with Crippen LogP contribution in [0.15, 0.2) is 6.07 Å². The molecule has 3 heterocycles. The molecule has 6 nitrogen and oxygen atoms in total. The van der Waals surface area contributed by atoms with Gasteiger partial charge in [-0.05, 0) is 64.0 Å². The molecule has 4 rings (SSSR count). The normalized spacial score (nSPS) is 17.1. The van der Waals surface area contributed by atoms with E-state index in [0.717, 1.165) is 73.1 Å². The summed E-state index contributed by atoms with van der Waals surface area (Å²) >= 11 is 1.59. The minimum absolute atomic E-state index is 0.0344. The Hall–Kier alpha value is -2.46. The number of hydrogen-bond acceptors (Lipinski definition) is 6. The molecule has 1 amide bonds. The molecule has 2 aromatic rings. The van der Waals surface area contributed by atoms with Crippen LogP contribution in [0, 0.1) is 31.1 Å². The maximum atomic E-state index is 12.8. The van der Waals surface area contributed by atoms with Gasteiger partial charge in [-0.15, -0.1) is 11.3 Å². The Labute approximate surface area is 169 Å². The molecule has 2 aromatic heterocycles. The van der Waals surface area contributed by atoms with E-state index in [0.29, 0.717) is 5.56 Å². The van der Waals surface area contributed by atoms with E-state index in [-0.39, 0.29) is 11.8 Å². The molecule has 0 aromatic carbocycles. The smallest absolute Gasteiger partial charge is 0.228 e. The van der Waals surface area contributed by atoms with Crippen molar-refractivity contribution in [3.63, 3.8) is 0 Å². The van der Waals surface area contributed by atoms with Gasteiger partial charge < -0.3 is 10.2 Å². The Balaban J connectivity index is 1.41. The van der Waals surface area contributed by atoms with Crippen LogP contribution in [0.1, 0.15) is 53.1 Å². The van der Waals surface area contributed by atoms with Crippen LogP contribution in [-0.2, 0) is 17.6 Å². The number of fused-ring (bicyclic) bond motifs is 1. The highest BCUT2D eigenvalue weighted by molar-refractivity contribution is 7.16. The summed E-state index contributed by atoms with van der Waals surface area (Å²) in [5.41, 5.74) is 3.78. The van der Waals surface area contributed by atoms with Crippen molar-refractivity contribution in [1.82, 2.24) is 9.97 Å². The molecule has 0 spiro atoms. The molecule has 146 valence electrons. The Bertz CT molecular complexity index is 917. The van der Waals surface area contributed by atoms with Crippen LogP contribution in [0.5, 0.6) is 0 Å². The van der Waals surface area contributed by atoms with Crippen molar-refractivity contribution in [2.45, 2.75) is 52.4 Å². The summed E-state index contributed by atoms with van der Waals surface area (Å²) in [4.78, 5) is 25.3. The number of anilines is 2. The minimum Gasteiger partial charge on any atom is -0.341 e. The van der Waals surface area contributed by atoms with Gasteiger partial charge >= 0.3 is 0 Å². The number of aryl methyl sites for hydroxylation is 3. The summed E-state index contributed by atoms with van der Waals surface area (Å²) in [6, 6.07) is 4.29. The first-order valence-electron chi connectivity index (χ1n) is 9.98. The van der Waals surface area contributed by atoms with Crippen LogP contribution in [0.4, 0.5) is 10.9 Å². The van der Waals surface area contributed by atoms with Crippen LogP contribution in [0.2, 0.25) is 0 Å². The third kappa shape index (κ3) is 3.74. The Morgan fingerprint density at radius 3 is 2.57 bits per heavy atom. The van der Waals surface area contributed by atoms with Crippen LogP contribution >= 0.6 is 11.3 Å². The SMILES string of the molecule is Cc1cc(C)nc(N2CCC(C(=O)Nc3sc4c(c3C#N)CCCC4)CC2)n1. The van der Waals surface area contributed by atoms with Crippen molar-refractivity contribution < 1.29 is 4.79 Å². The van der Waals surface area contributed by atoms with Crippen LogP contribution < -0.4 is 10.2 Å². The van der Waals surface area contributed by atoms with Gasteiger partial charge in [-0.2, -0.15) is 5.26 Å². The molecule has 1 aliphatic heterocycles. The number of amides is 1. The zero-order valence-electron chi connectivity index (χ0n) is 16.4. The van der Waals surface area contributed by atoms with Gasteiger partial charge in [0.2, 0.25) is 11.9 Å². The number of thiophene rings is 1. The van der Waals surface area contributed by atoms with Crippen molar-refractivity contribution in [3.05, 3.63) is 33.5 Å². The van der Waals surface area contributed by atoms with Crippen LogP contribution in [-0.4, -0.2) is 29.0 Å². The van der Waals surface area contributed by atoms with Gasteiger partial charge in [-0.1, -0.05) is 0 Å². The summed E-state index contributed by atoms with van der Waals surface area (Å²) in [5, 5.41) is 13.4. The number of carbonyl (C=O) groups is 1. The summed E-state index contributed by atoms with van der Waals surface area (Å²) in [6.07, 6.45) is 5.83. The van der Waals surface area contributed by atoms with Gasteiger partial charge in [0.1, 0.15) is 11.1 Å². The van der Waals surface area contributed by atoms with Gasteiger partial charge in [0, 0.05) is 35.3 Å². The summed E-state index contributed by atoms with van der Waals surface area (Å²) in [6.45, 7) is 5.50. The number of carbonyl (C=O) groups excluding carboxylic acids is 1. The summed E-state index contributed by atoms with van der Waals surface area (Å²) in [7, 11) is 0. The van der Waals surface area contributed by atoms with Crippen molar-refractivity contribution >= 4 is 28.2 Å². The average Bonchev–Trinajstić information content (AvgIpc) is 3.04. The lowest BCUT2D eigenvalue weighted by molar-refractivity contribution is -0.120. The molecule has 2 aliphatic rings. The van der Waals surface area contributed by atoms with E-state index < -0.39 is 0 Å². The first-order chi connectivity index (χ1) is 13.5. The van der Waals surface area contributed by atoms with Crippen molar-refractivity contribution in [1.29, 1.82) is 5.26 Å². The minimum atomic E-state index is -0.0344. The number of nitriles is 1. The topological polar surface area (TPSA) is 81.9 Å². The van der Waals surface area contributed by atoms with E-state index >= 15 is 0 Å². The average molecular weight is 396 g/mol. The van der Waals surface area contributed by atoms with Gasteiger partial charge in [-0.3, -0.25) is 4.79 Å². The van der Waals surface area contributed by atoms with E-state index in [4.69, 9.17) is 0 Å². The maximum absolute atomic E-state index is 12.8. The second kappa shape index (κ2) is 7.88. The number of rotatable bonds is 3. The first-order valence-corrected chi connectivity index (χ1v) is 10.8. The van der Waals surface area contributed by atoms with E-state index in [1.54, 1.807) is 11.3 Å². The molecule has 1 N–H and O–H groups in total. The fourth-order valence-corrected chi connectivity index (χ4v) is 5.42. The molecule has 1 fully saturated rings. The molecule has 0 radical (unpaired) electrons. The number of piperidine rings is 1. The largest absolute Gasteiger partial charge is 0.341 e. The Morgan fingerprint density at radius 1 is 1.21 bits per heavy atom. The molecular weight excluding hydrogens is 370 g/mol. The molecule has 28 heavy (non-hydrogen) atoms. The molecule has 1 saturated heterocycles. The predicted octanol–water partition coefficient (Wildman–Crippen LogP) is 3.76. The highest BCUT2D eigenvalue weighted by atomic mass is 32.1. The van der Waals surface area contributed by atoms with E-state index in [2.05, 4.69) is 26.3 Å². The third-order valence-corrected chi connectivity index (χ3v) is 6.85. The molecule has 0 atom stereocenters. The summed E-state index contributed by atoms with van der Waals surface area (Å²) in [5.74, 6) is 0.762. The standard InChI is InChI=1S/C21H25N5OS/c1-13-11-14(2)24-21(23-13)26-9-7-15(8-10-26)19(27)25-20-17(12-22)16-5-3-4-6-18(16)28-20/h11,15H,3-10H2,1-2H3,(H,25,27). The van der Waals surface area contributed by atoms with E-state index in [9.17, 15) is 10.1 Å². The van der Waals surface area contributed by atoms with Crippen LogP contribution in [0.3, 0.4) is 0 Å². The number of hydrogen-bond donors (Lipinski definition) is 1.